The molecule has 2 aliphatic carbocycles. The first-order valence-corrected chi connectivity index (χ1v) is 9.14. The summed E-state index contributed by atoms with van der Waals surface area (Å²) in [5.41, 5.74) is 0.302. The highest BCUT2D eigenvalue weighted by Crippen LogP contribution is 2.60. The summed E-state index contributed by atoms with van der Waals surface area (Å²) in [5.74, 6) is 0.775. The fraction of sp³-hybridized carbons (Fsp3) is 0.692. The monoisotopic (exact) mass is 300 g/mol. The summed E-state index contributed by atoms with van der Waals surface area (Å²) in [4.78, 5) is 1.46. The Morgan fingerprint density at radius 1 is 1.42 bits per heavy atom. The van der Waals surface area contributed by atoms with E-state index in [1.807, 2.05) is 7.05 Å². The van der Waals surface area contributed by atoms with Crippen LogP contribution in [-0.2, 0) is 16.6 Å². The first kappa shape index (κ1) is 13.5. The molecule has 6 heteroatoms. The van der Waals surface area contributed by atoms with Gasteiger partial charge in [-0.3, -0.25) is 0 Å². The van der Waals surface area contributed by atoms with Crippen LogP contribution in [0.15, 0.2) is 16.3 Å². The average Bonchev–Trinajstić information content (AvgIpc) is 3.26. The summed E-state index contributed by atoms with van der Waals surface area (Å²) >= 11 is 1.49. The molecule has 0 radical (unpaired) electrons. The first-order chi connectivity index (χ1) is 9.06. The Bertz CT molecular complexity index is 557. The maximum Gasteiger partial charge on any atom is 0.241 e. The smallest absolute Gasteiger partial charge is 0.241 e. The van der Waals surface area contributed by atoms with Crippen LogP contribution in [0.5, 0.6) is 0 Å². The van der Waals surface area contributed by atoms with E-state index in [1.54, 1.807) is 11.4 Å². The van der Waals surface area contributed by atoms with Gasteiger partial charge in [0.25, 0.3) is 0 Å². The third kappa shape index (κ3) is 2.86. The van der Waals surface area contributed by atoms with E-state index in [4.69, 9.17) is 0 Å². The van der Waals surface area contributed by atoms with Crippen molar-refractivity contribution in [2.45, 2.75) is 37.1 Å². The Hall–Kier alpha value is -0.430. The second-order valence-electron chi connectivity index (χ2n) is 5.74. The molecule has 106 valence electrons. The molecular formula is C13H20N2O2S2. The van der Waals surface area contributed by atoms with Gasteiger partial charge in [0.2, 0.25) is 10.0 Å². The lowest BCUT2D eigenvalue weighted by atomic mass is 10.0. The normalized spacial score (nSPS) is 21.5. The van der Waals surface area contributed by atoms with Gasteiger partial charge < -0.3 is 5.32 Å². The molecule has 2 fully saturated rings. The lowest BCUT2D eigenvalue weighted by Crippen LogP contribution is -2.31. The minimum atomic E-state index is -3.32. The van der Waals surface area contributed by atoms with Crippen molar-refractivity contribution in [3.8, 4) is 0 Å². The maximum absolute atomic E-state index is 12.2. The predicted molar refractivity (Wildman–Crippen MR) is 76.7 cm³/mol. The van der Waals surface area contributed by atoms with Crippen molar-refractivity contribution >= 4 is 21.4 Å². The third-order valence-corrected chi connectivity index (χ3v) is 6.71. The molecule has 4 nitrogen and oxygen atoms in total. The first-order valence-electron chi connectivity index (χ1n) is 6.77. The summed E-state index contributed by atoms with van der Waals surface area (Å²) in [5, 5.41) is 4.76. The summed E-state index contributed by atoms with van der Waals surface area (Å²) in [7, 11) is -1.46. The highest BCUT2D eigenvalue weighted by atomic mass is 32.2. The van der Waals surface area contributed by atoms with Gasteiger partial charge in [0.1, 0.15) is 0 Å². The molecule has 0 aliphatic heterocycles. The Labute approximate surface area is 118 Å². The molecule has 0 amide bonds. The van der Waals surface area contributed by atoms with Gasteiger partial charge in [-0.2, -0.15) is 0 Å². The van der Waals surface area contributed by atoms with Gasteiger partial charge in [-0.1, -0.05) is 0 Å². The minimum Gasteiger partial charge on any atom is -0.315 e. The van der Waals surface area contributed by atoms with E-state index in [0.717, 1.165) is 10.8 Å². The maximum atomic E-state index is 12.2. The van der Waals surface area contributed by atoms with Crippen molar-refractivity contribution in [1.29, 1.82) is 0 Å². The molecule has 0 saturated heterocycles. The SMILES string of the molecule is CNCc1cc(S(=O)(=O)NCC2(C3CC3)CC2)cs1. The largest absolute Gasteiger partial charge is 0.315 e. The van der Waals surface area contributed by atoms with E-state index >= 15 is 0 Å². The highest BCUT2D eigenvalue weighted by Gasteiger charge is 2.53. The lowest BCUT2D eigenvalue weighted by Gasteiger charge is -2.14. The Morgan fingerprint density at radius 3 is 2.74 bits per heavy atom. The molecule has 2 N–H and O–H groups in total. The van der Waals surface area contributed by atoms with Crippen LogP contribution < -0.4 is 10.0 Å². The van der Waals surface area contributed by atoms with Gasteiger partial charge in [0.15, 0.2) is 0 Å². The number of thiophene rings is 1. The van der Waals surface area contributed by atoms with Crippen LogP contribution >= 0.6 is 11.3 Å². The topological polar surface area (TPSA) is 58.2 Å². The molecule has 1 aromatic heterocycles. The molecule has 0 aromatic carbocycles. The molecule has 19 heavy (non-hydrogen) atoms. The van der Waals surface area contributed by atoms with E-state index in [1.165, 1.54) is 37.0 Å². The van der Waals surface area contributed by atoms with Crippen LogP contribution in [0.25, 0.3) is 0 Å². The van der Waals surface area contributed by atoms with E-state index in [2.05, 4.69) is 10.0 Å². The van der Waals surface area contributed by atoms with Crippen molar-refractivity contribution < 1.29 is 8.42 Å². The van der Waals surface area contributed by atoms with E-state index < -0.39 is 10.0 Å². The van der Waals surface area contributed by atoms with E-state index in [0.29, 0.717) is 23.4 Å². The molecule has 1 heterocycles. The van der Waals surface area contributed by atoms with Crippen LogP contribution in [0.4, 0.5) is 0 Å². The van der Waals surface area contributed by atoms with E-state index in [-0.39, 0.29) is 0 Å². The number of hydrogen-bond acceptors (Lipinski definition) is 4. The zero-order valence-electron chi connectivity index (χ0n) is 11.1. The number of nitrogens with one attached hydrogen (secondary N) is 2. The van der Waals surface area contributed by atoms with Crippen LogP contribution in [0, 0.1) is 11.3 Å². The Morgan fingerprint density at radius 2 is 2.16 bits per heavy atom. The molecule has 3 rings (SSSR count). The highest BCUT2D eigenvalue weighted by molar-refractivity contribution is 7.89. The third-order valence-electron chi connectivity index (χ3n) is 4.24. The van der Waals surface area contributed by atoms with Crippen LogP contribution in [-0.4, -0.2) is 22.0 Å². The van der Waals surface area contributed by atoms with Gasteiger partial charge in [0.05, 0.1) is 4.90 Å². The number of rotatable bonds is 7. The van der Waals surface area contributed by atoms with Gasteiger partial charge >= 0.3 is 0 Å². The standard InChI is InChI=1S/C13H20N2O2S2/c1-14-7-11-6-12(8-18-11)19(16,17)15-9-13(4-5-13)10-2-3-10/h6,8,10,14-15H,2-5,7,9H2,1H3. The fourth-order valence-corrected chi connectivity index (χ4v) is 5.10. The molecule has 0 spiro atoms. The molecule has 2 aliphatic rings. The Kier molecular flexibility index (Phi) is 3.45. The summed E-state index contributed by atoms with van der Waals surface area (Å²) in [6.45, 7) is 1.34. The second-order valence-corrected chi connectivity index (χ2v) is 8.50. The molecular weight excluding hydrogens is 280 g/mol. The summed E-state index contributed by atoms with van der Waals surface area (Å²) < 4.78 is 27.3. The van der Waals surface area contributed by atoms with Crippen molar-refractivity contribution in [3.63, 3.8) is 0 Å². The molecule has 0 unspecified atom stereocenters. The number of sulfonamides is 1. The number of hydrogen-bond donors (Lipinski definition) is 2. The van der Waals surface area contributed by atoms with Gasteiger partial charge in [-0.15, -0.1) is 11.3 Å². The van der Waals surface area contributed by atoms with Crippen molar-refractivity contribution in [3.05, 3.63) is 16.3 Å². The molecule has 0 bridgehead atoms. The fourth-order valence-electron chi connectivity index (χ4n) is 2.68. The van der Waals surface area contributed by atoms with Gasteiger partial charge in [-0.05, 0) is 50.1 Å². The quantitative estimate of drug-likeness (QED) is 0.809. The molecule has 1 aromatic rings. The molecule has 2 saturated carbocycles. The average molecular weight is 300 g/mol. The van der Waals surface area contributed by atoms with Crippen LogP contribution in [0.3, 0.4) is 0 Å². The lowest BCUT2D eigenvalue weighted by molar-refractivity contribution is 0.432. The summed E-state index contributed by atoms with van der Waals surface area (Å²) in [6.07, 6.45) is 4.95. The van der Waals surface area contributed by atoms with Crippen molar-refractivity contribution in [2.24, 2.45) is 11.3 Å². The van der Waals surface area contributed by atoms with Crippen molar-refractivity contribution in [1.82, 2.24) is 10.0 Å². The Balaban J connectivity index is 1.64. The minimum absolute atomic E-state index is 0.302. The van der Waals surface area contributed by atoms with Crippen LogP contribution in [0.1, 0.15) is 30.6 Å². The van der Waals surface area contributed by atoms with Gasteiger partial charge in [-0.25, -0.2) is 13.1 Å². The van der Waals surface area contributed by atoms with Crippen molar-refractivity contribution in [2.75, 3.05) is 13.6 Å². The zero-order valence-corrected chi connectivity index (χ0v) is 12.7. The molecule has 0 atom stereocenters. The van der Waals surface area contributed by atoms with Crippen LogP contribution in [0.2, 0.25) is 0 Å². The van der Waals surface area contributed by atoms with Gasteiger partial charge in [0, 0.05) is 23.3 Å². The second kappa shape index (κ2) is 4.84. The van der Waals surface area contributed by atoms with E-state index in [9.17, 15) is 8.42 Å². The zero-order chi connectivity index (χ0) is 13.5. The summed E-state index contributed by atoms with van der Waals surface area (Å²) in [6, 6.07) is 1.76. The predicted octanol–water partition coefficient (Wildman–Crippen LogP) is 1.94.